The number of benzene rings is 1. The molecule has 0 saturated heterocycles. The van der Waals surface area contributed by atoms with E-state index in [-0.39, 0.29) is 5.91 Å². The Morgan fingerprint density at radius 3 is 2.33 bits per heavy atom. The maximum Gasteiger partial charge on any atom is 0.239 e. The zero-order valence-electron chi connectivity index (χ0n) is 13.3. The first-order chi connectivity index (χ1) is 11.3. The summed E-state index contributed by atoms with van der Waals surface area (Å²) >= 11 is 11.8. The monoisotopic (exact) mass is 365 g/mol. The number of halogens is 2. The highest BCUT2D eigenvalue weighted by molar-refractivity contribution is 6.42. The van der Waals surface area contributed by atoms with Gasteiger partial charge in [0, 0.05) is 24.6 Å². The molecule has 0 fully saturated rings. The number of nitrogens with zero attached hydrogens (tertiary/aromatic N) is 1. The zero-order valence-corrected chi connectivity index (χ0v) is 14.8. The fourth-order valence-corrected chi connectivity index (χ4v) is 2.17. The maximum absolute atomic E-state index is 12.4. The Morgan fingerprint density at radius 1 is 1.04 bits per heavy atom. The Bertz CT molecular complexity index is 749. The van der Waals surface area contributed by atoms with Crippen LogP contribution in [0.1, 0.15) is 19.4 Å². The van der Waals surface area contributed by atoms with Crippen LogP contribution in [0.15, 0.2) is 42.7 Å². The fourth-order valence-electron chi connectivity index (χ4n) is 1.87. The molecule has 0 spiro atoms. The number of amides is 2. The lowest BCUT2D eigenvalue weighted by atomic mass is 9.91. The minimum Gasteiger partial charge on any atom is -0.351 e. The predicted octanol–water partition coefficient (Wildman–Crippen LogP) is 3.67. The molecule has 7 heteroatoms. The molecule has 0 atom stereocenters. The molecule has 126 valence electrons. The third kappa shape index (κ3) is 4.46. The summed E-state index contributed by atoms with van der Waals surface area (Å²) in [5, 5.41) is 6.15. The van der Waals surface area contributed by atoms with Gasteiger partial charge in [0.05, 0.1) is 10.0 Å². The van der Waals surface area contributed by atoms with Crippen molar-refractivity contribution in [2.75, 3.05) is 5.32 Å². The van der Waals surface area contributed by atoms with Crippen molar-refractivity contribution >= 4 is 40.7 Å². The van der Waals surface area contributed by atoms with Crippen molar-refractivity contribution in [2.45, 2.75) is 20.4 Å². The minimum atomic E-state index is -1.25. The van der Waals surface area contributed by atoms with Gasteiger partial charge >= 0.3 is 0 Å². The number of hydrogen-bond acceptors (Lipinski definition) is 3. The van der Waals surface area contributed by atoms with Gasteiger partial charge < -0.3 is 10.6 Å². The number of pyridine rings is 1. The van der Waals surface area contributed by atoms with Crippen LogP contribution < -0.4 is 10.6 Å². The summed E-state index contributed by atoms with van der Waals surface area (Å²) in [7, 11) is 0. The van der Waals surface area contributed by atoms with E-state index < -0.39 is 11.3 Å². The number of rotatable bonds is 5. The zero-order chi connectivity index (χ0) is 17.7. The van der Waals surface area contributed by atoms with Crippen LogP contribution in [0.2, 0.25) is 10.0 Å². The minimum absolute atomic E-state index is 0.324. The first kappa shape index (κ1) is 18.2. The Balaban J connectivity index is 2.00. The Morgan fingerprint density at radius 2 is 1.71 bits per heavy atom. The highest BCUT2D eigenvalue weighted by Crippen LogP contribution is 2.26. The standard InChI is InChI=1S/C17H17Cl2N3O2/c1-17(2,15(23)21-10-11-5-7-20-8-6-11)16(24)22-12-3-4-13(18)14(19)9-12/h3-9H,10H2,1-2H3,(H,21,23)(H,22,24). The van der Waals surface area contributed by atoms with Crippen LogP contribution >= 0.6 is 23.2 Å². The van der Waals surface area contributed by atoms with Crippen molar-refractivity contribution in [3.63, 3.8) is 0 Å². The molecule has 0 aliphatic carbocycles. The van der Waals surface area contributed by atoms with E-state index in [1.165, 1.54) is 6.07 Å². The molecule has 0 radical (unpaired) electrons. The number of carbonyl (C=O) groups excluding carboxylic acids is 2. The van der Waals surface area contributed by atoms with Crippen molar-refractivity contribution in [1.82, 2.24) is 10.3 Å². The predicted molar refractivity (Wildman–Crippen MR) is 95.0 cm³/mol. The summed E-state index contributed by atoms with van der Waals surface area (Å²) in [4.78, 5) is 28.7. The van der Waals surface area contributed by atoms with Crippen LogP contribution in [-0.2, 0) is 16.1 Å². The average Bonchev–Trinajstić information content (AvgIpc) is 2.56. The molecule has 0 aliphatic rings. The van der Waals surface area contributed by atoms with Gasteiger partial charge in [0.2, 0.25) is 11.8 Å². The van der Waals surface area contributed by atoms with Gasteiger partial charge in [-0.15, -0.1) is 0 Å². The molecule has 24 heavy (non-hydrogen) atoms. The van der Waals surface area contributed by atoms with Gasteiger partial charge in [-0.2, -0.15) is 0 Å². The van der Waals surface area contributed by atoms with E-state index in [0.29, 0.717) is 22.3 Å². The van der Waals surface area contributed by atoms with Crippen LogP contribution in [0, 0.1) is 5.41 Å². The van der Waals surface area contributed by atoms with Gasteiger partial charge in [-0.3, -0.25) is 14.6 Å². The molecule has 2 N–H and O–H groups in total. The first-order valence-corrected chi connectivity index (χ1v) is 8.00. The summed E-state index contributed by atoms with van der Waals surface area (Å²) in [5.74, 6) is -0.815. The Labute approximate surface area is 150 Å². The summed E-state index contributed by atoms with van der Waals surface area (Å²) in [6.07, 6.45) is 3.28. The number of carbonyl (C=O) groups is 2. The largest absolute Gasteiger partial charge is 0.351 e. The highest BCUT2D eigenvalue weighted by atomic mass is 35.5. The fraction of sp³-hybridized carbons (Fsp3) is 0.235. The van der Waals surface area contributed by atoms with E-state index in [4.69, 9.17) is 23.2 Å². The second-order valence-corrected chi connectivity index (χ2v) is 6.56. The molecule has 0 aliphatic heterocycles. The molecule has 5 nitrogen and oxygen atoms in total. The van der Waals surface area contributed by atoms with Gasteiger partial charge in [0.15, 0.2) is 0 Å². The molecule has 0 saturated carbocycles. The second kappa shape index (κ2) is 7.64. The lowest BCUT2D eigenvalue weighted by Gasteiger charge is -2.23. The van der Waals surface area contributed by atoms with Gasteiger partial charge in [-0.1, -0.05) is 23.2 Å². The van der Waals surface area contributed by atoms with E-state index >= 15 is 0 Å². The summed E-state index contributed by atoms with van der Waals surface area (Å²) in [6, 6.07) is 8.33. The lowest BCUT2D eigenvalue weighted by molar-refractivity contribution is -0.138. The van der Waals surface area contributed by atoms with Crippen molar-refractivity contribution in [1.29, 1.82) is 0 Å². The summed E-state index contributed by atoms with van der Waals surface area (Å²) in [6.45, 7) is 3.44. The lowest BCUT2D eigenvalue weighted by Crippen LogP contribution is -2.44. The van der Waals surface area contributed by atoms with E-state index in [2.05, 4.69) is 15.6 Å². The van der Waals surface area contributed by atoms with E-state index in [1.54, 1.807) is 50.5 Å². The number of aromatic nitrogens is 1. The van der Waals surface area contributed by atoms with Gasteiger partial charge in [-0.05, 0) is 49.7 Å². The summed E-state index contributed by atoms with van der Waals surface area (Å²) < 4.78 is 0. The molecule has 2 amide bonds. The van der Waals surface area contributed by atoms with Gasteiger partial charge in [0.25, 0.3) is 0 Å². The van der Waals surface area contributed by atoms with Crippen LogP contribution in [0.5, 0.6) is 0 Å². The first-order valence-electron chi connectivity index (χ1n) is 7.24. The third-order valence-corrected chi connectivity index (χ3v) is 4.25. The third-order valence-electron chi connectivity index (χ3n) is 3.52. The SMILES string of the molecule is CC(C)(C(=O)NCc1ccncc1)C(=O)Nc1ccc(Cl)c(Cl)c1. The molecule has 2 rings (SSSR count). The van der Waals surface area contributed by atoms with Crippen LogP contribution in [0.4, 0.5) is 5.69 Å². The van der Waals surface area contributed by atoms with Crippen LogP contribution in [-0.4, -0.2) is 16.8 Å². The second-order valence-electron chi connectivity index (χ2n) is 5.75. The highest BCUT2D eigenvalue weighted by Gasteiger charge is 2.36. The van der Waals surface area contributed by atoms with Gasteiger partial charge in [-0.25, -0.2) is 0 Å². The average molecular weight is 366 g/mol. The summed E-state index contributed by atoms with van der Waals surface area (Å²) in [5.41, 5.74) is 0.127. The molecule has 1 heterocycles. The topological polar surface area (TPSA) is 71.1 Å². The molecule has 0 unspecified atom stereocenters. The van der Waals surface area contributed by atoms with E-state index in [1.807, 2.05) is 0 Å². The number of nitrogens with one attached hydrogen (secondary N) is 2. The quantitative estimate of drug-likeness (QED) is 0.794. The van der Waals surface area contributed by atoms with Crippen LogP contribution in [0.3, 0.4) is 0 Å². The van der Waals surface area contributed by atoms with E-state index in [9.17, 15) is 9.59 Å². The maximum atomic E-state index is 12.4. The molecule has 1 aromatic carbocycles. The smallest absolute Gasteiger partial charge is 0.239 e. The van der Waals surface area contributed by atoms with Crippen molar-refractivity contribution in [3.05, 3.63) is 58.3 Å². The molecular formula is C17H17Cl2N3O2. The van der Waals surface area contributed by atoms with Gasteiger partial charge in [0.1, 0.15) is 5.41 Å². The molecule has 2 aromatic rings. The molecule has 1 aromatic heterocycles. The Hall–Kier alpha value is -2.11. The van der Waals surface area contributed by atoms with Crippen LogP contribution in [0.25, 0.3) is 0 Å². The normalized spacial score (nSPS) is 11.0. The van der Waals surface area contributed by atoms with Crippen molar-refractivity contribution in [2.24, 2.45) is 5.41 Å². The van der Waals surface area contributed by atoms with E-state index in [0.717, 1.165) is 5.56 Å². The molecule has 0 bridgehead atoms. The number of hydrogen-bond donors (Lipinski definition) is 2. The Kier molecular flexibility index (Phi) is 5.80. The van der Waals surface area contributed by atoms with Crippen molar-refractivity contribution in [3.8, 4) is 0 Å². The van der Waals surface area contributed by atoms with Crippen molar-refractivity contribution < 1.29 is 9.59 Å². The molecular weight excluding hydrogens is 349 g/mol. The number of anilines is 1.